The normalized spacial score (nSPS) is 11.2. The summed E-state index contributed by atoms with van der Waals surface area (Å²) in [7, 11) is 0. The Kier molecular flexibility index (Phi) is 5.38. The van der Waals surface area contributed by atoms with Gasteiger partial charge >= 0.3 is 0 Å². The van der Waals surface area contributed by atoms with Gasteiger partial charge in [-0.2, -0.15) is 0 Å². The zero-order chi connectivity index (χ0) is 17.8. The van der Waals surface area contributed by atoms with Crippen LogP contribution in [0.1, 0.15) is 19.4 Å². The van der Waals surface area contributed by atoms with Crippen LogP contribution < -0.4 is 5.32 Å². The van der Waals surface area contributed by atoms with Gasteiger partial charge in [0, 0.05) is 11.6 Å². The topological polar surface area (TPSA) is 46.9 Å². The van der Waals surface area contributed by atoms with Crippen LogP contribution >= 0.6 is 11.8 Å². The number of aromatic nitrogens is 2. The highest BCUT2D eigenvalue weighted by Crippen LogP contribution is 2.25. The van der Waals surface area contributed by atoms with E-state index in [0.29, 0.717) is 17.3 Å². The summed E-state index contributed by atoms with van der Waals surface area (Å²) in [6, 6.07) is 14.6. The minimum Gasteiger partial charge on any atom is -0.353 e. The van der Waals surface area contributed by atoms with Crippen molar-refractivity contribution in [3.63, 3.8) is 0 Å². The summed E-state index contributed by atoms with van der Waals surface area (Å²) in [5.74, 6) is -0.00281. The lowest BCUT2D eigenvalue weighted by atomic mass is 10.2. The van der Waals surface area contributed by atoms with Gasteiger partial charge in [0.15, 0.2) is 5.16 Å². The lowest BCUT2D eigenvalue weighted by molar-refractivity contribution is -0.119. The van der Waals surface area contributed by atoms with Crippen LogP contribution in [-0.4, -0.2) is 27.3 Å². The van der Waals surface area contributed by atoms with Gasteiger partial charge in [-0.05, 0) is 32.0 Å². The van der Waals surface area contributed by atoms with Gasteiger partial charge in [-0.3, -0.25) is 4.79 Å². The summed E-state index contributed by atoms with van der Waals surface area (Å²) in [4.78, 5) is 16.5. The highest BCUT2D eigenvalue weighted by atomic mass is 32.2. The van der Waals surface area contributed by atoms with E-state index >= 15 is 0 Å². The third kappa shape index (κ3) is 4.20. The van der Waals surface area contributed by atoms with Gasteiger partial charge in [0.1, 0.15) is 5.82 Å². The number of fused-ring (bicyclic) bond motifs is 1. The molecule has 0 bridgehead atoms. The molecule has 0 unspecified atom stereocenters. The number of hydrogen-bond acceptors (Lipinski definition) is 3. The lowest BCUT2D eigenvalue weighted by Crippen LogP contribution is -2.31. The van der Waals surface area contributed by atoms with Crippen LogP contribution in [0.5, 0.6) is 0 Å². The molecular formula is C19H20FN3OS. The molecule has 0 saturated heterocycles. The molecule has 0 saturated carbocycles. The first-order valence-corrected chi connectivity index (χ1v) is 9.14. The smallest absolute Gasteiger partial charge is 0.230 e. The SMILES string of the molecule is CC(C)NC(=O)CSc1nc2ccccc2n1Cc1ccccc1F. The maximum Gasteiger partial charge on any atom is 0.230 e. The summed E-state index contributed by atoms with van der Waals surface area (Å²) >= 11 is 1.37. The molecule has 3 aromatic rings. The summed E-state index contributed by atoms with van der Waals surface area (Å²) in [6.45, 7) is 4.23. The number of imidazole rings is 1. The Morgan fingerprint density at radius 2 is 1.92 bits per heavy atom. The molecule has 25 heavy (non-hydrogen) atoms. The molecule has 1 heterocycles. The maximum absolute atomic E-state index is 14.1. The van der Waals surface area contributed by atoms with Crippen molar-refractivity contribution >= 4 is 28.7 Å². The van der Waals surface area contributed by atoms with Gasteiger partial charge in [0.2, 0.25) is 5.91 Å². The fourth-order valence-corrected chi connectivity index (χ4v) is 3.43. The van der Waals surface area contributed by atoms with E-state index < -0.39 is 0 Å². The largest absolute Gasteiger partial charge is 0.353 e. The number of amides is 1. The van der Waals surface area contributed by atoms with E-state index in [2.05, 4.69) is 10.3 Å². The molecule has 0 spiro atoms. The van der Waals surface area contributed by atoms with Crippen LogP contribution in [0.25, 0.3) is 11.0 Å². The van der Waals surface area contributed by atoms with Crippen LogP contribution in [0.2, 0.25) is 0 Å². The monoisotopic (exact) mass is 357 g/mol. The van der Waals surface area contributed by atoms with Gasteiger partial charge in [-0.1, -0.05) is 42.1 Å². The molecule has 0 aliphatic rings. The van der Waals surface area contributed by atoms with E-state index in [0.717, 1.165) is 11.0 Å². The van der Waals surface area contributed by atoms with Gasteiger partial charge in [0.25, 0.3) is 0 Å². The average molecular weight is 357 g/mol. The number of carbonyl (C=O) groups excluding carboxylic acids is 1. The second kappa shape index (κ2) is 7.70. The third-order valence-electron chi connectivity index (χ3n) is 3.69. The summed E-state index contributed by atoms with van der Waals surface area (Å²) in [5.41, 5.74) is 2.36. The number of halogens is 1. The Hall–Kier alpha value is -2.34. The fraction of sp³-hybridized carbons (Fsp3) is 0.263. The Bertz CT molecular complexity index is 891. The minimum atomic E-state index is -0.242. The Balaban J connectivity index is 1.89. The van der Waals surface area contributed by atoms with Crippen molar-refractivity contribution in [1.82, 2.24) is 14.9 Å². The van der Waals surface area contributed by atoms with Crippen molar-refractivity contribution in [2.75, 3.05) is 5.75 Å². The number of nitrogens with zero attached hydrogens (tertiary/aromatic N) is 2. The molecule has 0 aliphatic carbocycles. The zero-order valence-electron chi connectivity index (χ0n) is 14.2. The predicted octanol–water partition coefficient (Wildman–Crippen LogP) is 3.84. The highest BCUT2D eigenvalue weighted by Gasteiger charge is 2.14. The molecule has 1 aromatic heterocycles. The van der Waals surface area contributed by atoms with E-state index in [4.69, 9.17) is 0 Å². The molecular weight excluding hydrogens is 337 g/mol. The van der Waals surface area contributed by atoms with Crippen molar-refractivity contribution in [1.29, 1.82) is 0 Å². The Morgan fingerprint density at radius 1 is 1.20 bits per heavy atom. The first-order valence-electron chi connectivity index (χ1n) is 8.15. The molecule has 3 rings (SSSR count). The molecule has 4 nitrogen and oxygen atoms in total. The van der Waals surface area contributed by atoms with Crippen LogP contribution in [0.4, 0.5) is 4.39 Å². The molecule has 1 N–H and O–H groups in total. The molecule has 1 amide bonds. The molecule has 0 fully saturated rings. The highest BCUT2D eigenvalue weighted by molar-refractivity contribution is 7.99. The zero-order valence-corrected chi connectivity index (χ0v) is 15.0. The predicted molar refractivity (Wildman–Crippen MR) is 99.2 cm³/mol. The molecule has 2 aromatic carbocycles. The van der Waals surface area contributed by atoms with Gasteiger partial charge in [0.05, 0.1) is 23.3 Å². The van der Waals surface area contributed by atoms with Crippen LogP contribution in [-0.2, 0) is 11.3 Å². The molecule has 6 heteroatoms. The summed E-state index contributed by atoms with van der Waals surface area (Å²) in [5, 5.41) is 3.58. The number of hydrogen-bond donors (Lipinski definition) is 1. The van der Waals surface area contributed by atoms with Crippen molar-refractivity contribution in [2.24, 2.45) is 0 Å². The van der Waals surface area contributed by atoms with Crippen molar-refractivity contribution in [3.05, 3.63) is 59.9 Å². The van der Waals surface area contributed by atoms with E-state index in [1.54, 1.807) is 12.1 Å². The van der Waals surface area contributed by atoms with Crippen molar-refractivity contribution in [3.8, 4) is 0 Å². The second-order valence-corrected chi connectivity index (χ2v) is 7.01. The standard InChI is InChI=1S/C19H20FN3OS/c1-13(2)21-18(24)12-25-19-22-16-9-5-6-10-17(16)23(19)11-14-7-3-4-8-15(14)20/h3-10,13H,11-12H2,1-2H3,(H,21,24). The number of carbonyl (C=O) groups is 1. The third-order valence-corrected chi connectivity index (χ3v) is 4.66. The first kappa shape index (κ1) is 17.5. The molecule has 0 atom stereocenters. The van der Waals surface area contributed by atoms with Crippen molar-refractivity contribution in [2.45, 2.75) is 31.6 Å². The lowest BCUT2D eigenvalue weighted by Gasteiger charge is -2.11. The van der Waals surface area contributed by atoms with Gasteiger partial charge < -0.3 is 9.88 Å². The van der Waals surface area contributed by atoms with Crippen LogP contribution in [0, 0.1) is 5.82 Å². The fourth-order valence-electron chi connectivity index (χ4n) is 2.61. The molecule has 0 radical (unpaired) electrons. The van der Waals surface area contributed by atoms with E-state index in [1.807, 2.05) is 48.7 Å². The average Bonchev–Trinajstić information content (AvgIpc) is 2.92. The van der Waals surface area contributed by atoms with Crippen molar-refractivity contribution < 1.29 is 9.18 Å². The summed E-state index contributed by atoms with van der Waals surface area (Å²) < 4.78 is 16.0. The van der Waals surface area contributed by atoms with Gasteiger partial charge in [-0.15, -0.1) is 0 Å². The first-order chi connectivity index (χ1) is 12.0. The number of nitrogens with one attached hydrogen (secondary N) is 1. The molecule has 0 aliphatic heterocycles. The van der Waals surface area contributed by atoms with E-state index in [1.165, 1.54) is 17.8 Å². The number of rotatable bonds is 6. The van der Waals surface area contributed by atoms with Gasteiger partial charge in [-0.25, -0.2) is 9.37 Å². The van der Waals surface area contributed by atoms with Crippen LogP contribution in [0.3, 0.4) is 0 Å². The minimum absolute atomic E-state index is 0.0375. The Morgan fingerprint density at radius 3 is 2.68 bits per heavy atom. The summed E-state index contributed by atoms with van der Waals surface area (Å²) in [6.07, 6.45) is 0. The molecule has 130 valence electrons. The maximum atomic E-state index is 14.1. The van der Waals surface area contributed by atoms with Crippen LogP contribution in [0.15, 0.2) is 53.7 Å². The quantitative estimate of drug-likeness (QED) is 0.682. The number of thioether (sulfide) groups is 1. The van der Waals surface area contributed by atoms with E-state index in [-0.39, 0.29) is 23.5 Å². The van der Waals surface area contributed by atoms with E-state index in [9.17, 15) is 9.18 Å². The number of para-hydroxylation sites is 2. The second-order valence-electron chi connectivity index (χ2n) is 6.07. The Labute approximate surface area is 150 Å². The number of benzene rings is 2.